The van der Waals surface area contributed by atoms with Crippen LogP contribution < -0.4 is 16.0 Å². The van der Waals surface area contributed by atoms with Gasteiger partial charge in [0.25, 0.3) is 5.56 Å². The molecule has 1 aromatic heterocycles. The predicted octanol–water partition coefficient (Wildman–Crippen LogP) is 3.02. The molecule has 1 aliphatic heterocycles. The number of pyridine rings is 1. The zero-order valence-corrected chi connectivity index (χ0v) is 15.5. The summed E-state index contributed by atoms with van der Waals surface area (Å²) >= 11 is 3.36. The van der Waals surface area contributed by atoms with Gasteiger partial charge in [-0.1, -0.05) is 0 Å². The highest BCUT2D eigenvalue weighted by atomic mass is 79.9. The maximum Gasteiger partial charge on any atom is 0.335 e. The third-order valence-electron chi connectivity index (χ3n) is 4.51. The van der Waals surface area contributed by atoms with Crippen molar-refractivity contribution in [1.82, 2.24) is 4.98 Å². The number of carboxylic acid groups (broad SMARTS) is 1. The van der Waals surface area contributed by atoms with Crippen molar-refractivity contribution in [2.45, 2.75) is 32.2 Å². The number of benzene rings is 1. The number of hydrogen-bond donors (Lipinski definition) is 3. The number of carbonyl (C=O) groups is 1. The first-order chi connectivity index (χ1) is 11.8. The predicted molar refractivity (Wildman–Crippen MR) is 97.4 cm³/mol. The molecule has 0 radical (unpaired) electrons. The first-order valence-corrected chi connectivity index (χ1v) is 8.72. The van der Waals surface area contributed by atoms with Crippen LogP contribution >= 0.6 is 15.9 Å². The zero-order valence-electron chi connectivity index (χ0n) is 13.9. The van der Waals surface area contributed by atoms with Gasteiger partial charge in [-0.15, -0.1) is 0 Å². The van der Waals surface area contributed by atoms with Crippen LogP contribution in [0.3, 0.4) is 0 Å². The number of aryl methyl sites for hydroxylation is 2. The molecule has 6 nitrogen and oxygen atoms in total. The molecule has 132 valence electrons. The molecule has 0 saturated carbocycles. The molecule has 1 aromatic carbocycles. The molecule has 3 rings (SSSR count). The lowest BCUT2D eigenvalue weighted by molar-refractivity contribution is 0.0696. The quantitative estimate of drug-likeness (QED) is 0.723. The van der Waals surface area contributed by atoms with Gasteiger partial charge in [0.05, 0.1) is 16.6 Å². The van der Waals surface area contributed by atoms with E-state index in [-0.39, 0.29) is 17.0 Å². The van der Waals surface area contributed by atoms with Crippen molar-refractivity contribution in [3.8, 4) is 5.75 Å². The molecule has 1 aliphatic rings. The SMILES string of the molecule is Cc1cc(C)c(C(N)CC2COc3c(Br)cc(C(=O)O)cc32)c(=O)[nH]1. The monoisotopic (exact) mass is 406 g/mol. The molecular weight excluding hydrogens is 388 g/mol. The Balaban J connectivity index is 1.92. The van der Waals surface area contributed by atoms with E-state index in [1.165, 1.54) is 6.07 Å². The number of nitrogens with one attached hydrogen (secondary N) is 1. The lowest BCUT2D eigenvalue weighted by Crippen LogP contribution is -2.25. The normalized spacial score (nSPS) is 17.0. The number of halogens is 1. The van der Waals surface area contributed by atoms with E-state index in [1.807, 2.05) is 19.9 Å². The molecule has 0 fully saturated rings. The smallest absolute Gasteiger partial charge is 0.335 e. The molecule has 2 unspecified atom stereocenters. The van der Waals surface area contributed by atoms with Crippen LogP contribution in [0.25, 0.3) is 0 Å². The second kappa shape index (κ2) is 6.65. The molecule has 0 spiro atoms. The second-order valence-electron chi connectivity index (χ2n) is 6.41. The highest BCUT2D eigenvalue weighted by Crippen LogP contribution is 2.43. The summed E-state index contributed by atoms with van der Waals surface area (Å²) in [6.07, 6.45) is 0.496. The molecule has 2 heterocycles. The van der Waals surface area contributed by atoms with E-state index in [4.69, 9.17) is 10.5 Å². The maximum absolute atomic E-state index is 12.3. The summed E-state index contributed by atoms with van der Waals surface area (Å²) < 4.78 is 6.33. The highest BCUT2D eigenvalue weighted by molar-refractivity contribution is 9.10. The number of carboxylic acids is 1. The van der Waals surface area contributed by atoms with Crippen molar-refractivity contribution in [1.29, 1.82) is 0 Å². The molecule has 2 aromatic rings. The number of nitrogens with two attached hydrogens (primary N) is 1. The number of H-pyrrole nitrogens is 1. The largest absolute Gasteiger partial charge is 0.491 e. The van der Waals surface area contributed by atoms with Crippen molar-refractivity contribution < 1.29 is 14.6 Å². The van der Waals surface area contributed by atoms with Crippen molar-refractivity contribution in [2.75, 3.05) is 6.61 Å². The van der Waals surface area contributed by atoms with Gasteiger partial charge in [0.1, 0.15) is 5.75 Å². The van der Waals surface area contributed by atoms with Crippen LogP contribution in [0, 0.1) is 13.8 Å². The van der Waals surface area contributed by atoms with Gasteiger partial charge in [-0.25, -0.2) is 4.79 Å². The zero-order chi connectivity index (χ0) is 18.3. The summed E-state index contributed by atoms with van der Waals surface area (Å²) in [5, 5.41) is 9.25. The molecule has 0 bridgehead atoms. The number of hydrogen-bond acceptors (Lipinski definition) is 4. The molecule has 4 N–H and O–H groups in total. The fourth-order valence-corrected chi connectivity index (χ4v) is 4.00. The Morgan fingerprint density at radius 3 is 2.80 bits per heavy atom. The third-order valence-corrected chi connectivity index (χ3v) is 5.10. The van der Waals surface area contributed by atoms with Gasteiger partial charge in [-0.3, -0.25) is 4.79 Å². The van der Waals surface area contributed by atoms with Gasteiger partial charge in [0.2, 0.25) is 0 Å². The van der Waals surface area contributed by atoms with Crippen molar-refractivity contribution >= 4 is 21.9 Å². The molecular formula is C18H19BrN2O4. The summed E-state index contributed by atoms with van der Waals surface area (Å²) in [7, 11) is 0. The highest BCUT2D eigenvalue weighted by Gasteiger charge is 2.30. The minimum Gasteiger partial charge on any atom is -0.491 e. The Labute approximate surface area is 153 Å². The van der Waals surface area contributed by atoms with E-state index in [0.717, 1.165) is 16.8 Å². The molecule has 0 amide bonds. The Hall–Kier alpha value is -2.12. The minimum atomic E-state index is -0.996. The van der Waals surface area contributed by atoms with Crippen LogP contribution in [-0.4, -0.2) is 22.7 Å². The molecule has 7 heteroatoms. The maximum atomic E-state index is 12.3. The van der Waals surface area contributed by atoms with Gasteiger partial charge in [-0.2, -0.15) is 0 Å². The fraction of sp³-hybridized carbons (Fsp3) is 0.333. The molecule has 2 atom stereocenters. The first-order valence-electron chi connectivity index (χ1n) is 7.93. The van der Waals surface area contributed by atoms with Crippen LogP contribution in [-0.2, 0) is 0 Å². The lowest BCUT2D eigenvalue weighted by Gasteiger charge is -2.18. The minimum absolute atomic E-state index is 0.0688. The summed E-state index contributed by atoms with van der Waals surface area (Å²) in [6, 6.07) is 4.59. The average molecular weight is 407 g/mol. The lowest BCUT2D eigenvalue weighted by atomic mass is 9.89. The van der Waals surface area contributed by atoms with Gasteiger partial charge in [0.15, 0.2) is 0 Å². The number of rotatable bonds is 4. The van der Waals surface area contributed by atoms with Gasteiger partial charge >= 0.3 is 5.97 Å². The van der Waals surface area contributed by atoms with Gasteiger partial charge < -0.3 is 20.6 Å². The summed E-state index contributed by atoms with van der Waals surface area (Å²) in [4.78, 5) is 26.3. The first kappa shape index (κ1) is 17.7. The van der Waals surface area contributed by atoms with Gasteiger partial charge in [-0.05, 0) is 60.0 Å². The Bertz CT molecular complexity index is 907. The molecule has 0 saturated heterocycles. The number of ether oxygens (including phenoxy) is 1. The summed E-state index contributed by atoms with van der Waals surface area (Å²) in [5.41, 5.74) is 9.35. The van der Waals surface area contributed by atoms with E-state index in [0.29, 0.717) is 28.8 Å². The number of aromatic carboxylic acids is 1. The Morgan fingerprint density at radius 1 is 1.44 bits per heavy atom. The Morgan fingerprint density at radius 2 is 2.16 bits per heavy atom. The summed E-state index contributed by atoms with van der Waals surface area (Å²) in [5.74, 6) is -0.415. The van der Waals surface area contributed by atoms with Crippen molar-refractivity contribution in [3.63, 3.8) is 0 Å². The van der Waals surface area contributed by atoms with E-state index >= 15 is 0 Å². The standard InChI is InChI=1S/C18H19BrN2O4/c1-8-3-9(2)21-17(22)15(8)14(20)6-11-7-25-16-12(11)4-10(18(23)24)5-13(16)19/h3-5,11,14H,6-7,20H2,1-2H3,(H,21,22)(H,23,24). The van der Waals surface area contributed by atoms with Crippen molar-refractivity contribution in [2.24, 2.45) is 5.73 Å². The van der Waals surface area contributed by atoms with Crippen LogP contribution in [0.15, 0.2) is 27.5 Å². The fourth-order valence-electron chi connectivity index (χ4n) is 3.41. The number of fused-ring (bicyclic) bond motifs is 1. The van der Waals surface area contributed by atoms with Gasteiger partial charge in [0, 0.05) is 28.8 Å². The topological polar surface area (TPSA) is 105 Å². The third kappa shape index (κ3) is 3.34. The average Bonchev–Trinajstić information content (AvgIpc) is 2.89. The van der Waals surface area contributed by atoms with E-state index < -0.39 is 12.0 Å². The Kier molecular flexibility index (Phi) is 4.71. The number of aromatic amines is 1. The molecule has 0 aliphatic carbocycles. The molecule has 25 heavy (non-hydrogen) atoms. The van der Waals surface area contributed by atoms with E-state index in [1.54, 1.807) is 6.07 Å². The van der Waals surface area contributed by atoms with Crippen LogP contribution in [0.1, 0.15) is 51.1 Å². The van der Waals surface area contributed by atoms with E-state index in [2.05, 4.69) is 20.9 Å². The second-order valence-corrected chi connectivity index (χ2v) is 7.26. The van der Waals surface area contributed by atoms with Crippen LogP contribution in [0.4, 0.5) is 0 Å². The number of aromatic nitrogens is 1. The van der Waals surface area contributed by atoms with Crippen LogP contribution in [0.5, 0.6) is 5.75 Å². The summed E-state index contributed by atoms with van der Waals surface area (Å²) in [6.45, 7) is 4.11. The van der Waals surface area contributed by atoms with Crippen molar-refractivity contribution in [3.05, 3.63) is 61.0 Å². The van der Waals surface area contributed by atoms with Crippen LogP contribution in [0.2, 0.25) is 0 Å². The van der Waals surface area contributed by atoms with E-state index in [9.17, 15) is 14.7 Å².